The van der Waals surface area contributed by atoms with Crippen molar-refractivity contribution in [3.8, 4) is 0 Å². The molecule has 150 valence electrons. The van der Waals surface area contributed by atoms with E-state index in [1.807, 2.05) is 14.0 Å². The zero-order valence-electron chi connectivity index (χ0n) is 16.8. The average molecular weight is 368 g/mol. The van der Waals surface area contributed by atoms with Crippen LogP contribution in [0.25, 0.3) is 0 Å². The molecular formula is C19H37N5O2. The lowest BCUT2D eigenvalue weighted by Crippen LogP contribution is -2.51. The summed E-state index contributed by atoms with van der Waals surface area (Å²) in [5.74, 6) is 0.858. The van der Waals surface area contributed by atoms with Crippen LogP contribution in [0.15, 0.2) is 4.99 Å². The first-order valence-electron chi connectivity index (χ1n) is 10.2. The Kier molecular flexibility index (Phi) is 9.01. The summed E-state index contributed by atoms with van der Waals surface area (Å²) in [6.07, 6.45) is 8.45. The van der Waals surface area contributed by atoms with Gasteiger partial charge in [-0.15, -0.1) is 0 Å². The molecule has 0 bridgehead atoms. The van der Waals surface area contributed by atoms with Crippen LogP contribution in [0.2, 0.25) is 0 Å². The van der Waals surface area contributed by atoms with Crippen LogP contribution in [-0.2, 0) is 4.74 Å². The molecule has 0 atom stereocenters. The number of rotatable bonds is 6. The predicted octanol–water partition coefficient (Wildman–Crippen LogP) is 2.04. The number of likely N-dealkylation sites (tertiary alicyclic amines) is 1. The van der Waals surface area contributed by atoms with Gasteiger partial charge in [0.25, 0.3) is 0 Å². The smallest absolute Gasteiger partial charge is 0.409 e. The van der Waals surface area contributed by atoms with E-state index in [2.05, 4.69) is 27.6 Å². The molecule has 1 amide bonds. The SMILES string of the molecule is CCOC(=O)N1CCC(NC(=NC)NCCN(C)C2CCCCC2)CC1. The first-order chi connectivity index (χ1) is 12.6. The fourth-order valence-corrected chi connectivity index (χ4v) is 3.86. The molecule has 0 unspecified atom stereocenters. The summed E-state index contributed by atoms with van der Waals surface area (Å²) in [5, 5.41) is 6.92. The van der Waals surface area contributed by atoms with Crippen LogP contribution in [0, 0.1) is 0 Å². The van der Waals surface area contributed by atoms with Gasteiger partial charge in [0.1, 0.15) is 0 Å². The van der Waals surface area contributed by atoms with Crippen molar-refractivity contribution in [2.45, 2.75) is 64.0 Å². The molecule has 0 spiro atoms. The normalized spacial score (nSPS) is 20.3. The molecule has 2 rings (SSSR count). The number of hydrogen-bond acceptors (Lipinski definition) is 4. The van der Waals surface area contributed by atoms with Crippen molar-refractivity contribution in [2.75, 3.05) is 46.9 Å². The number of hydrogen-bond donors (Lipinski definition) is 2. The van der Waals surface area contributed by atoms with E-state index in [1.54, 1.807) is 4.90 Å². The summed E-state index contributed by atoms with van der Waals surface area (Å²) in [6.45, 7) is 5.67. The molecule has 1 aliphatic heterocycles. The number of carbonyl (C=O) groups excluding carboxylic acids is 1. The van der Waals surface area contributed by atoms with E-state index in [9.17, 15) is 4.79 Å². The van der Waals surface area contributed by atoms with Crippen LogP contribution in [0.3, 0.4) is 0 Å². The number of carbonyl (C=O) groups is 1. The van der Waals surface area contributed by atoms with E-state index in [4.69, 9.17) is 4.74 Å². The first-order valence-corrected chi connectivity index (χ1v) is 10.2. The number of ether oxygens (including phenoxy) is 1. The van der Waals surface area contributed by atoms with Gasteiger partial charge < -0.3 is 25.2 Å². The Morgan fingerprint density at radius 3 is 2.50 bits per heavy atom. The molecule has 2 aliphatic rings. The molecule has 7 heteroatoms. The van der Waals surface area contributed by atoms with E-state index in [0.717, 1.165) is 51.0 Å². The highest BCUT2D eigenvalue weighted by atomic mass is 16.6. The minimum Gasteiger partial charge on any atom is -0.450 e. The Labute approximate surface area is 158 Å². The molecule has 26 heavy (non-hydrogen) atoms. The molecule has 0 radical (unpaired) electrons. The third-order valence-electron chi connectivity index (χ3n) is 5.54. The molecule has 2 N–H and O–H groups in total. The summed E-state index contributed by atoms with van der Waals surface area (Å²) >= 11 is 0. The number of guanidine groups is 1. The van der Waals surface area contributed by atoms with Crippen molar-refractivity contribution < 1.29 is 9.53 Å². The summed E-state index contributed by atoms with van der Waals surface area (Å²) in [7, 11) is 4.05. The molecule has 1 aliphatic carbocycles. The van der Waals surface area contributed by atoms with Gasteiger partial charge in [0.2, 0.25) is 0 Å². The molecule has 0 aromatic heterocycles. The van der Waals surface area contributed by atoms with E-state index in [0.29, 0.717) is 12.6 Å². The van der Waals surface area contributed by atoms with Crippen molar-refractivity contribution in [1.29, 1.82) is 0 Å². The second kappa shape index (κ2) is 11.3. The highest BCUT2D eigenvalue weighted by Gasteiger charge is 2.24. The molecule has 7 nitrogen and oxygen atoms in total. The van der Waals surface area contributed by atoms with Crippen LogP contribution in [0.4, 0.5) is 4.79 Å². The Bertz CT molecular complexity index is 443. The molecule has 1 saturated heterocycles. The van der Waals surface area contributed by atoms with Crippen molar-refractivity contribution in [1.82, 2.24) is 20.4 Å². The fourth-order valence-electron chi connectivity index (χ4n) is 3.86. The maximum atomic E-state index is 11.8. The average Bonchev–Trinajstić information content (AvgIpc) is 2.68. The highest BCUT2D eigenvalue weighted by molar-refractivity contribution is 5.80. The third-order valence-corrected chi connectivity index (χ3v) is 5.54. The van der Waals surface area contributed by atoms with Gasteiger partial charge >= 0.3 is 6.09 Å². The zero-order chi connectivity index (χ0) is 18.8. The largest absolute Gasteiger partial charge is 0.450 e. The van der Waals surface area contributed by atoms with Crippen molar-refractivity contribution in [3.63, 3.8) is 0 Å². The third kappa shape index (κ3) is 6.67. The quantitative estimate of drug-likeness (QED) is 0.555. The monoisotopic (exact) mass is 367 g/mol. The van der Waals surface area contributed by atoms with Gasteiger partial charge in [-0.25, -0.2) is 4.79 Å². The Morgan fingerprint density at radius 2 is 1.88 bits per heavy atom. The van der Waals surface area contributed by atoms with E-state index in [1.165, 1.54) is 32.1 Å². The van der Waals surface area contributed by atoms with Crippen LogP contribution in [0.5, 0.6) is 0 Å². The minimum atomic E-state index is -0.195. The number of nitrogens with zero attached hydrogens (tertiary/aromatic N) is 3. The van der Waals surface area contributed by atoms with E-state index >= 15 is 0 Å². The van der Waals surface area contributed by atoms with Gasteiger partial charge in [-0.2, -0.15) is 0 Å². The minimum absolute atomic E-state index is 0.195. The molecule has 2 fully saturated rings. The Morgan fingerprint density at radius 1 is 1.19 bits per heavy atom. The van der Waals surface area contributed by atoms with E-state index in [-0.39, 0.29) is 6.09 Å². The summed E-state index contributed by atoms with van der Waals surface area (Å²) in [6, 6.07) is 1.09. The molecule has 0 aromatic carbocycles. The Hall–Kier alpha value is -1.50. The predicted molar refractivity (Wildman–Crippen MR) is 106 cm³/mol. The first kappa shape index (κ1) is 20.8. The number of piperidine rings is 1. The van der Waals surface area contributed by atoms with Gasteiger partial charge in [0, 0.05) is 45.3 Å². The van der Waals surface area contributed by atoms with Crippen molar-refractivity contribution in [3.05, 3.63) is 0 Å². The van der Waals surface area contributed by atoms with Gasteiger partial charge in [-0.1, -0.05) is 19.3 Å². The lowest BCUT2D eigenvalue weighted by molar-refractivity contribution is 0.0963. The lowest BCUT2D eigenvalue weighted by Gasteiger charge is -2.33. The maximum absolute atomic E-state index is 11.8. The van der Waals surface area contributed by atoms with Crippen molar-refractivity contribution >= 4 is 12.1 Å². The number of nitrogens with one attached hydrogen (secondary N) is 2. The van der Waals surface area contributed by atoms with Crippen LogP contribution in [-0.4, -0.2) is 80.8 Å². The topological polar surface area (TPSA) is 69.2 Å². The second-order valence-electron chi connectivity index (χ2n) is 7.38. The van der Waals surface area contributed by atoms with Crippen LogP contribution < -0.4 is 10.6 Å². The summed E-state index contributed by atoms with van der Waals surface area (Å²) in [5.41, 5.74) is 0. The van der Waals surface area contributed by atoms with Gasteiger partial charge in [0.05, 0.1) is 6.61 Å². The van der Waals surface area contributed by atoms with Crippen molar-refractivity contribution in [2.24, 2.45) is 4.99 Å². The number of likely N-dealkylation sites (N-methyl/N-ethyl adjacent to an activating group) is 1. The molecular weight excluding hydrogens is 330 g/mol. The van der Waals surface area contributed by atoms with Crippen LogP contribution in [0.1, 0.15) is 51.9 Å². The van der Waals surface area contributed by atoms with E-state index < -0.39 is 0 Å². The zero-order valence-corrected chi connectivity index (χ0v) is 16.8. The number of amides is 1. The maximum Gasteiger partial charge on any atom is 0.409 e. The summed E-state index contributed by atoms with van der Waals surface area (Å²) < 4.78 is 5.07. The van der Waals surface area contributed by atoms with Gasteiger partial charge in [-0.05, 0) is 39.7 Å². The lowest BCUT2D eigenvalue weighted by atomic mass is 9.94. The summed E-state index contributed by atoms with van der Waals surface area (Å²) in [4.78, 5) is 20.4. The molecule has 0 aromatic rings. The van der Waals surface area contributed by atoms with Crippen LogP contribution >= 0.6 is 0 Å². The van der Waals surface area contributed by atoms with Gasteiger partial charge in [-0.3, -0.25) is 4.99 Å². The molecule has 1 heterocycles. The Balaban J connectivity index is 1.64. The fraction of sp³-hybridized carbons (Fsp3) is 0.895. The highest BCUT2D eigenvalue weighted by Crippen LogP contribution is 2.21. The van der Waals surface area contributed by atoms with Gasteiger partial charge in [0.15, 0.2) is 5.96 Å². The standard InChI is InChI=1S/C19H37N5O2/c1-4-26-19(25)24-13-10-16(11-14-24)22-18(20-2)21-12-15-23(3)17-8-6-5-7-9-17/h16-17H,4-15H2,1-3H3,(H2,20,21,22). The molecule has 1 saturated carbocycles. The second-order valence-corrected chi connectivity index (χ2v) is 7.38. The number of aliphatic imine (C=N–C) groups is 1.